The summed E-state index contributed by atoms with van der Waals surface area (Å²) in [6.45, 7) is 3.45. The summed E-state index contributed by atoms with van der Waals surface area (Å²) in [6.07, 6.45) is 3.88. The smallest absolute Gasteiger partial charge is 0.235 e. The van der Waals surface area contributed by atoms with Crippen molar-refractivity contribution in [3.05, 3.63) is 30.6 Å². The van der Waals surface area contributed by atoms with Crippen molar-refractivity contribution in [2.24, 2.45) is 0 Å². The minimum atomic E-state index is -0.208. The van der Waals surface area contributed by atoms with Crippen LogP contribution in [0, 0.1) is 0 Å². The molecule has 1 aliphatic heterocycles. The quantitative estimate of drug-likeness (QED) is 0.863. The number of imidazole rings is 1. The molecule has 5 heteroatoms. The highest BCUT2D eigenvalue weighted by atomic mass is 32.1. The zero-order valence-electron chi connectivity index (χ0n) is 11.6. The molecule has 1 unspecified atom stereocenters. The van der Waals surface area contributed by atoms with Gasteiger partial charge in [-0.15, -0.1) is 0 Å². The third kappa shape index (κ3) is 2.42. The van der Waals surface area contributed by atoms with Crippen molar-refractivity contribution in [3.8, 4) is 0 Å². The van der Waals surface area contributed by atoms with Crippen LogP contribution in [0.25, 0.3) is 11.0 Å². The van der Waals surface area contributed by atoms with Crippen LogP contribution in [0.4, 0.5) is 0 Å². The van der Waals surface area contributed by atoms with Crippen molar-refractivity contribution in [1.82, 2.24) is 14.5 Å². The molecular formula is C15H19N3OS. The lowest BCUT2D eigenvalue weighted by Crippen LogP contribution is -2.42. The molecule has 2 aromatic rings. The lowest BCUT2D eigenvalue weighted by Gasteiger charge is -2.33. The molecule has 4 nitrogen and oxygen atoms in total. The molecule has 3 rings (SSSR count). The maximum Gasteiger partial charge on any atom is 0.235 e. The third-order valence-electron chi connectivity index (χ3n) is 4.01. The molecule has 1 saturated heterocycles. The molecule has 106 valence electrons. The van der Waals surface area contributed by atoms with Crippen molar-refractivity contribution in [2.45, 2.75) is 31.1 Å². The summed E-state index contributed by atoms with van der Waals surface area (Å²) in [5, 5.41) is -0.208. The first-order valence-corrected chi connectivity index (χ1v) is 7.57. The first-order chi connectivity index (χ1) is 9.66. The second-order valence-electron chi connectivity index (χ2n) is 5.37. The van der Waals surface area contributed by atoms with Gasteiger partial charge in [0, 0.05) is 19.1 Å². The number of aromatic nitrogens is 2. The Morgan fingerprint density at radius 3 is 2.75 bits per heavy atom. The topological polar surface area (TPSA) is 38.1 Å². The summed E-state index contributed by atoms with van der Waals surface area (Å²) in [5.74, 6) is 0.141. The fourth-order valence-corrected chi connectivity index (χ4v) is 3.06. The van der Waals surface area contributed by atoms with Gasteiger partial charge in [0.05, 0.1) is 22.6 Å². The highest BCUT2D eigenvalue weighted by molar-refractivity contribution is 7.81. The third-order valence-corrected chi connectivity index (χ3v) is 4.23. The molecular weight excluding hydrogens is 270 g/mol. The van der Waals surface area contributed by atoms with Crippen LogP contribution in [0.2, 0.25) is 0 Å². The number of amides is 1. The molecule has 20 heavy (non-hydrogen) atoms. The van der Waals surface area contributed by atoms with Crippen LogP contribution < -0.4 is 0 Å². The van der Waals surface area contributed by atoms with Crippen LogP contribution in [0.15, 0.2) is 30.6 Å². The van der Waals surface area contributed by atoms with E-state index in [9.17, 15) is 4.79 Å². The van der Waals surface area contributed by atoms with Gasteiger partial charge >= 0.3 is 0 Å². The van der Waals surface area contributed by atoms with E-state index in [1.54, 1.807) is 0 Å². The minimum absolute atomic E-state index is 0.141. The average molecular weight is 289 g/mol. The van der Waals surface area contributed by atoms with Gasteiger partial charge in [0.15, 0.2) is 0 Å². The summed E-state index contributed by atoms with van der Waals surface area (Å²) < 4.78 is 2.25. The fraction of sp³-hybridized carbons (Fsp3) is 0.467. The lowest BCUT2D eigenvalue weighted by molar-refractivity contribution is -0.131. The maximum atomic E-state index is 11.9. The number of carbonyl (C=O) groups is 1. The zero-order valence-corrected chi connectivity index (χ0v) is 12.5. The van der Waals surface area contributed by atoms with Gasteiger partial charge in [-0.05, 0) is 31.9 Å². The first kappa shape index (κ1) is 13.5. The van der Waals surface area contributed by atoms with Gasteiger partial charge in [-0.25, -0.2) is 4.98 Å². The summed E-state index contributed by atoms with van der Waals surface area (Å²) in [6, 6.07) is 8.63. The Morgan fingerprint density at radius 1 is 1.35 bits per heavy atom. The average Bonchev–Trinajstić information content (AvgIpc) is 2.90. The molecule has 1 atom stereocenters. The Balaban J connectivity index is 1.74. The van der Waals surface area contributed by atoms with Crippen LogP contribution in [-0.2, 0) is 4.79 Å². The van der Waals surface area contributed by atoms with Gasteiger partial charge in [-0.1, -0.05) is 12.1 Å². The van der Waals surface area contributed by atoms with Crippen LogP contribution >= 0.6 is 12.6 Å². The number of hydrogen-bond acceptors (Lipinski definition) is 3. The fourth-order valence-electron chi connectivity index (χ4n) is 2.90. The van der Waals surface area contributed by atoms with Crippen molar-refractivity contribution in [2.75, 3.05) is 13.1 Å². The normalized spacial score (nSPS) is 18.4. The number of carbonyl (C=O) groups excluding carboxylic acids is 1. The molecule has 0 saturated carbocycles. The summed E-state index contributed by atoms with van der Waals surface area (Å²) in [7, 11) is 0. The van der Waals surface area contributed by atoms with E-state index in [0.29, 0.717) is 6.04 Å². The molecule has 0 spiro atoms. The monoisotopic (exact) mass is 289 g/mol. The van der Waals surface area contributed by atoms with Gasteiger partial charge in [0.1, 0.15) is 0 Å². The molecule has 2 heterocycles. The van der Waals surface area contributed by atoms with Crippen molar-refractivity contribution in [1.29, 1.82) is 0 Å². The van der Waals surface area contributed by atoms with Crippen molar-refractivity contribution >= 4 is 29.6 Å². The van der Waals surface area contributed by atoms with E-state index in [2.05, 4.69) is 28.2 Å². The molecule has 0 bridgehead atoms. The molecule has 1 aromatic carbocycles. The van der Waals surface area contributed by atoms with E-state index in [0.717, 1.165) is 31.4 Å². The van der Waals surface area contributed by atoms with Crippen LogP contribution in [0.3, 0.4) is 0 Å². The second kappa shape index (κ2) is 5.48. The Morgan fingerprint density at radius 2 is 2.05 bits per heavy atom. The molecule has 1 aromatic heterocycles. The largest absolute Gasteiger partial charge is 0.342 e. The molecule has 1 aliphatic rings. The maximum absolute atomic E-state index is 11.9. The second-order valence-corrected chi connectivity index (χ2v) is 6.15. The number of rotatable bonds is 2. The van der Waals surface area contributed by atoms with Crippen molar-refractivity contribution in [3.63, 3.8) is 0 Å². The predicted octanol–water partition coefficient (Wildman–Crippen LogP) is 2.52. The van der Waals surface area contributed by atoms with Crippen LogP contribution in [-0.4, -0.2) is 38.7 Å². The number of likely N-dealkylation sites (tertiary alicyclic amines) is 1. The molecule has 0 N–H and O–H groups in total. The van der Waals surface area contributed by atoms with Crippen LogP contribution in [0.5, 0.6) is 0 Å². The molecule has 0 radical (unpaired) electrons. The summed E-state index contributed by atoms with van der Waals surface area (Å²) >= 11 is 4.23. The van der Waals surface area contributed by atoms with Gasteiger partial charge in [-0.3, -0.25) is 4.79 Å². The first-order valence-electron chi connectivity index (χ1n) is 7.05. The predicted molar refractivity (Wildman–Crippen MR) is 83.0 cm³/mol. The Kier molecular flexibility index (Phi) is 3.70. The van der Waals surface area contributed by atoms with E-state index in [4.69, 9.17) is 0 Å². The number of fused-ring (bicyclic) bond motifs is 1. The Hall–Kier alpha value is -1.49. The highest BCUT2D eigenvalue weighted by Gasteiger charge is 2.25. The molecule has 0 aliphatic carbocycles. The summed E-state index contributed by atoms with van der Waals surface area (Å²) in [5.41, 5.74) is 2.22. The summed E-state index contributed by atoms with van der Waals surface area (Å²) in [4.78, 5) is 18.3. The van der Waals surface area contributed by atoms with E-state index < -0.39 is 0 Å². The standard InChI is InChI=1S/C15H19N3OS/c1-11(20)15(19)17-8-6-12(7-9-17)18-10-16-13-4-2-3-5-14(13)18/h2-5,10-12,20H,6-9H2,1H3. The number of benzene rings is 1. The van der Waals surface area contributed by atoms with Crippen molar-refractivity contribution < 1.29 is 4.79 Å². The molecule has 1 amide bonds. The molecule has 1 fully saturated rings. The van der Waals surface area contributed by atoms with E-state index in [1.807, 2.05) is 36.4 Å². The van der Waals surface area contributed by atoms with E-state index in [1.165, 1.54) is 5.52 Å². The van der Waals surface area contributed by atoms with Gasteiger partial charge in [0.2, 0.25) is 5.91 Å². The Labute approximate surface area is 124 Å². The van der Waals surface area contributed by atoms with E-state index in [-0.39, 0.29) is 11.2 Å². The van der Waals surface area contributed by atoms with Crippen LogP contribution in [0.1, 0.15) is 25.8 Å². The highest BCUT2D eigenvalue weighted by Crippen LogP contribution is 2.26. The van der Waals surface area contributed by atoms with Gasteiger partial charge in [-0.2, -0.15) is 12.6 Å². The lowest BCUT2D eigenvalue weighted by atomic mass is 10.0. The minimum Gasteiger partial charge on any atom is -0.342 e. The number of para-hydroxylation sites is 2. The van der Waals surface area contributed by atoms with Gasteiger partial charge in [0.25, 0.3) is 0 Å². The number of nitrogens with zero attached hydrogens (tertiary/aromatic N) is 3. The number of thiol groups is 1. The zero-order chi connectivity index (χ0) is 14.1. The Bertz CT molecular complexity index is 614. The number of hydrogen-bond donors (Lipinski definition) is 1. The SMILES string of the molecule is CC(S)C(=O)N1CCC(n2cnc3ccccc32)CC1. The number of piperidine rings is 1. The van der Waals surface area contributed by atoms with E-state index >= 15 is 0 Å². The van der Waals surface area contributed by atoms with Gasteiger partial charge < -0.3 is 9.47 Å².